The highest BCUT2D eigenvalue weighted by molar-refractivity contribution is 7.89. The first-order valence-corrected chi connectivity index (χ1v) is 12.7. The van der Waals surface area contributed by atoms with Crippen molar-refractivity contribution in [2.45, 2.75) is 68.1 Å². The van der Waals surface area contributed by atoms with Crippen LogP contribution in [0.4, 0.5) is 13.2 Å². The number of hydrogen-bond acceptors (Lipinski definition) is 4. The summed E-state index contributed by atoms with van der Waals surface area (Å²) in [6.45, 7) is 2.62. The molecule has 0 amide bonds. The summed E-state index contributed by atoms with van der Waals surface area (Å²) in [7, 11) is -3.91. The second-order valence-electron chi connectivity index (χ2n) is 9.12. The molecule has 3 aliphatic rings. The molecule has 3 fully saturated rings. The number of unbranched alkanes of at least 4 members (excludes halogenated alkanes) is 1. The van der Waals surface area contributed by atoms with E-state index in [2.05, 4.69) is 4.90 Å². The first-order chi connectivity index (χ1) is 14.7. The summed E-state index contributed by atoms with van der Waals surface area (Å²) < 4.78 is 67.6. The van der Waals surface area contributed by atoms with Gasteiger partial charge >= 0.3 is 6.18 Å². The van der Waals surface area contributed by atoms with Crippen molar-refractivity contribution in [1.82, 2.24) is 9.21 Å². The molecule has 4 rings (SSSR count). The Balaban J connectivity index is 1.66. The molecule has 174 valence electrons. The molecule has 3 saturated heterocycles. The summed E-state index contributed by atoms with van der Waals surface area (Å²) in [6, 6.07) is 4.08. The lowest BCUT2D eigenvalue weighted by molar-refractivity contribution is -0.137. The van der Waals surface area contributed by atoms with Gasteiger partial charge in [0.2, 0.25) is 10.0 Å². The third-order valence-corrected chi connectivity index (χ3v) is 9.23. The number of alkyl halides is 3. The van der Waals surface area contributed by atoms with Gasteiger partial charge < -0.3 is 5.11 Å². The van der Waals surface area contributed by atoms with Crippen LogP contribution in [0, 0.1) is 11.8 Å². The highest BCUT2D eigenvalue weighted by Crippen LogP contribution is 2.45. The monoisotopic (exact) mass is 460 g/mol. The molecule has 1 N–H and O–H groups in total. The number of hydrogen-bond donors (Lipinski definition) is 1. The summed E-state index contributed by atoms with van der Waals surface area (Å²) >= 11 is 0. The summed E-state index contributed by atoms with van der Waals surface area (Å²) in [6.07, 6.45) is 1.57. The second kappa shape index (κ2) is 9.00. The Hall–Kier alpha value is -1.16. The lowest BCUT2D eigenvalue weighted by Crippen LogP contribution is -2.65. The Morgan fingerprint density at radius 1 is 1.03 bits per heavy atom. The first-order valence-electron chi connectivity index (χ1n) is 11.3. The van der Waals surface area contributed by atoms with Gasteiger partial charge in [-0.05, 0) is 94.1 Å². The molecular weight excluding hydrogens is 429 g/mol. The molecule has 31 heavy (non-hydrogen) atoms. The van der Waals surface area contributed by atoms with Crippen LogP contribution < -0.4 is 0 Å². The molecule has 0 aliphatic carbocycles. The van der Waals surface area contributed by atoms with E-state index < -0.39 is 21.8 Å². The maximum absolute atomic E-state index is 13.6. The van der Waals surface area contributed by atoms with E-state index in [0.717, 1.165) is 69.5 Å². The fraction of sp³-hybridized carbons (Fsp3) is 0.727. The predicted molar refractivity (Wildman–Crippen MR) is 111 cm³/mol. The van der Waals surface area contributed by atoms with Crippen LogP contribution in [0.25, 0.3) is 0 Å². The molecule has 0 spiro atoms. The van der Waals surface area contributed by atoms with Crippen molar-refractivity contribution in [2.75, 3.05) is 26.2 Å². The van der Waals surface area contributed by atoms with Crippen molar-refractivity contribution in [3.8, 4) is 0 Å². The molecule has 0 unspecified atom stereocenters. The molecule has 9 heteroatoms. The summed E-state index contributed by atoms with van der Waals surface area (Å²) in [5, 5.41) is 9.22. The normalized spacial score (nSPS) is 30.2. The van der Waals surface area contributed by atoms with Gasteiger partial charge in [-0.1, -0.05) is 0 Å². The standard InChI is InChI=1S/C22H31F3N2O3S/c23-22(24,25)17-8-10-18(11-9-17)31(29,30)27-15-16-5-3-12-26-13-4-6-19(21(16)26)20(27)7-1-2-14-28/h8-11,16,19-21,28H,1-7,12-15H2/t16-,19+,20+,21-/m0/s1. The van der Waals surface area contributed by atoms with E-state index in [-0.39, 0.29) is 29.4 Å². The maximum atomic E-state index is 13.6. The zero-order chi connectivity index (χ0) is 22.2. The van der Waals surface area contributed by atoms with E-state index in [9.17, 15) is 26.7 Å². The van der Waals surface area contributed by atoms with Crippen molar-refractivity contribution in [1.29, 1.82) is 0 Å². The van der Waals surface area contributed by atoms with Crippen molar-refractivity contribution < 1.29 is 26.7 Å². The van der Waals surface area contributed by atoms with Crippen LogP contribution in [0.15, 0.2) is 29.2 Å². The average molecular weight is 461 g/mol. The van der Waals surface area contributed by atoms with Crippen molar-refractivity contribution in [3.63, 3.8) is 0 Å². The Morgan fingerprint density at radius 3 is 2.35 bits per heavy atom. The predicted octanol–water partition coefficient (Wildman–Crippen LogP) is 3.73. The quantitative estimate of drug-likeness (QED) is 0.658. The number of aliphatic hydroxyl groups excluding tert-OH is 1. The van der Waals surface area contributed by atoms with Crippen LogP contribution in [0.3, 0.4) is 0 Å². The van der Waals surface area contributed by atoms with Gasteiger partial charge in [0.05, 0.1) is 10.5 Å². The van der Waals surface area contributed by atoms with Gasteiger partial charge in [0, 0.05) is 25.2 Å². The van der Waals surface area contributed by atoms with Gasteiger partial charge in [-0.3, -0.25) is 4.90 Å². The van der Waals surface area contributed by atoms with Crippen LogP contribution in [-0.4, -0.2) is 61.1 Å². The minimum Gasteiger partial charge on any atom is -0.396 e. The lowest BCUT2D eigenvalue weighted by Gasteiger charge is -2.57. The van der Waals surface area contributed by atoms with Gasteiger partial charge in [-0.2, -0.15) is 17.5 Å². The van der Waals surface area contributed by atoms with E-state index >= 15 is 0 Å². The highest BCUT2D eigenvalue weighted by Gasteiger charge is 2.51. The lowest BCUT2D eigenvalue weighted by atomic mass is 9.70. The maximum Gasteiger partial charge on any atom is 0.416 e. The average Bonchev–Trinajstić information content (AvgIpc) is 2.75. The highest BCUT2D eigenvalue weighted by atomic mass is 32.2. The third-order valence-electron chi connectivity index (χ3n) is 7.32. The molecular formula is C22H31F3N2O3S. The number of benzene rings is 1. The van der Waals surface area contributed by atoms with Crippen molar-refractivity contribution in [2.24, 2.45) is 11.8 Å². The Morgan fingerprint density at radius 2 is 1.71 bits per heavy atom. The molecule has 1 aromatic rings. The van der Waals surface area contributed by atoms with Crippen LogP contribution in [-0.2, 0) is 16.2 Å². The molecule has 5 nitrogen and oxygen atoms in total. The molecule has 0 aromatic heterocycles. The molecule has 3 aliphatic heterocycles. The zero-order valence-electron chi connectivity index (χ0n) is 17.6. The molecule has 1 aromatic carbocycles. The fourth-order valence-electron chi connectivity index (χ4n) is 6.01. The summed E-state index contributed by atoms with van der Waals surface area (Å²) in [4.78, 5) is 2.46. The van der Waals surface area contributed by atoms with Crippen molar-refractivity contribution in [3.05, 3.63) is 29.8 Å². The van der Waals surface area contributed by atoms with Crippen LogP contribution in [0.5, 0.6) is 0 Å². The Bertz CT molecular complexity index is 858. The first kappa shape index (κ1) is 23.0. The van der Waals surface area contributed by atoms with Crippen LogP contribution in [0.1, 0.15) is 50.5 Å². The van der Waals surface area contributed by atoms with Gasteiger partial charge in [-0.25, -0.2) is 8.42 Å². The summed E-state index contributed by atoms with van der Waals surface area (Å²) in [5.74, 6) is 0.494. The third kappa shape index (κ3) is 4.51. The Kier molecular flexibility index (Phi) is 6.68. The topological polar surface area (TPSA) is 60.9 Å². The largest absolute Gasteiger partial charge is 0.416 e. The number of nitrogens with zero attached hydrogens (tertiary/aromatic N) is 2. The van der Waals surface area contributed by atoms with Gasteiger partial charge in [0.25, 0.3) is 0 Å². The number of rotatable bonds is 6. The number of piperidine rings is 3. The van der Waals surface area contributed by atoms with Gasteiger partial charge in [0.15, 0.2) is 0 Å². The van der Waals surface area contributed by atoms with E-state index in [1.54, 1.807) is 4.31 Å². The SMILES string of the molecule is O=S(=O)(c1ccc(C(F)(F)F)cc1)N1C[C@@H]2CCCN3CCC[C@@H]([C@H]23)[C@H]1CCCCO. The van der Waals surface area contributed by atoms with Crippen LogP contribution in [0.2, 0.25) is 0 Å². The fourth-order valence-corrected chi connectivity index (χ4v) is 7.76. The van der Waals surface area contributed by atoms with E-state index in [1.165, 1.54) is 0 Å². The van der Waals surface area contributed by atoms with Gasteiger partial charge in [-0.15, -0.1) is 0 Å². The van der Waals surface area contributed by atoms with Gasteiger partial charge in [0.1, 0.15) is 0 Å². The molecule has 0 saturated carbocycles. The molecule has 4 atom stereocenters. The minimum absolute atomic E-state index is 0.0707. The Labute approximate surface area is 182 Å². The number of halogens is 3. The minimum atomic E-state index is -4.50. The summed E-state index contributed by atoms with van der Waals surface area (Å²) in [5.41, 5.74) is -0.847. The van der Waals surface area contributed by atoms with Crippen LogP contribution >= 0.6 is 0 Å². The molecule has 3 heterocycles. The van der Waals surface area contributed by atoms with E-state index in [4.69, 9.17) is 0 Å². The number of aliphatic hydroxyl groups is 1. The zero-order valence-corrected chi connectivity index (χ0v) is 18.4. The molecule has 0 radical (unpaired) electrons. The molecule has 0 bridgehead atoms. The van der Waals surface area contributed by atoms with E-state index in [1.807, 2.05) is 0 Å². The smallest absolute Gasteiger partial charge is 0.396 e. The number of sulfonamides is 1. The second-order valence-corrected chi connectivity index (χ2v) is 11.0. The van der Waals surface area contributed by atoms with Crippen molar-refractivity contribution >= 4 is 10.0 Å². The van der Waals surface area contributed by atoms with E-state index in [0.29, 0.717) is 25.4 Å².